The zero-order valence-corrected chi connectivity index (χ0v) is 18.0. The van der Waals surface area contributed by atoms with Crippen molar-refractivity contribution >= 4 is 23.1 Å². The van der Waals surface area contributed by atoms with Crippen molar-refractivity contribution in [2.75, 3.05) is 26.2 Å². The van der Waals surface area contributed by atoms with E-state index in [0.29, 0.717) is 17.2 Å². The number of anilines is 1. The summed E-state index contributed by atoms with van der Waals surface area (Å²) < 4.78 is 35.3. The maximum Gasteiger partial charge on any atom is 0.300 e. The molecule has 0 bridgehead atoms. The number of aliphatic hydroxyl groups is 1. The molecule has 2 heterocycles. The number of aliphatic hydroxyl groups excluding tert-OH is 1. The summed E-state index contributed by atoms with van der Waals surface area (Å²) >= 11 is 0. The number of Topliss-reactive ketones (excluding diaryl/α,β-unsaturated/α-hetero) is 1. The van der Waals surface area contributed by atoms with Crippen LogP contribution in [0.5, 0.6) is 17.2 Å². The number of nitrogens with zero attached hydrogens (tertiary/aromatic N) is 1. The summed E-state index contributed by atoms with van der Waals surface area (Å²) in [6.45, 7) is 0. The Labute approximate surface area is 188 Å². The van der Waals surface area contributed by atoms with Crippen LogP contribution in [0.3, 0.4) is 0 Å². The SMILES string of the molecule is COc1ccc(N2C(=O)C(=O)/C(=C(\O)c3cc(F)ccc3OC)C2c2ccco2)cc1OC. The van der Waals surface area contributed by atoms with Gasteiger partial charge in [-0.15, -0.1) is 0 Å². The first-order valence-electron chi connectivity index (χ1n) is 9.81. The molecule has 0 spiro atoms. The highest BCUT2D eigenvalue weighted by atomic mass is 19.1. The number of benzene rings is 2. The molecule has 1 saturated heterocycles. The zero-order valence-electron chi connectivity index (χ0n) is 18.0. The van der Waals surface area contributed by atoms with Crippen molar-refractivity contribution in [1.82, 2.24) is 0 Å². The normalized spacial score (nSPS) is 17.3. The Balaban J connectivity index is 1.95. The van der Waals surface area contributed by atoms with Crippen molar-refractivity contribution < 1.29 is 37.7 Å². The van der Waals surface area contributed by atoms with Crippen LogP contribution in [0, 0.1) is 5.82 Å². The van der Waals surface area contributed by atoms with Crippen LogP contribution in [0.25, 0.3) is 5.76 Å². The maximum absolute atomic E-state index is 14.0. The molecule has 1 aromatic heterocycles. The van der Waals surface area contributed by atoms with Crippen LogP contribution in [0.2, 0.25) is 0 Å². The minimum Gasteiger partial charge on any atom is -0.507 e. The van der Waals surface area contributed by atoms with E-state index in [9.17, 15) is 19.1 Å². The number of hydrogen-bond acceptors (Lipinski definition) is 7. The van der Waals surface area contributed by atoms with Gasteiger partial charge in [-0.25, -0.2) is 4.39 Å². The van der Waals surface area contributed by atoms with Gasteiger partial charge in [0.1, 0.15) is 29.1 Å². The van der Waals surface area contributed by atoms with Gasteiger partial charge in [0.15, 0.2) is 11.5 Å². The molecule has 4 rings (SSSR count). The van der Waals surface area contributed by atoms with E-state index in [-0.39, 0.29) is 22.6 Å². The van der Waals surface area contributed by atoms with Crippen LogP contribution in [0.1, 0.15) is 17.4 Å². The summed E-state index contributed by atoms with van der Waals surface area (Å²) in [5.41, 5.74) is -0.0330. The predicted molar refractivity (Wildman–Crippen MR) is 116 cm³/mol. The first kappa shape index (κ1) is 21.9. The lowest BCUT2D eigenvalue weighted by atomic mass is 9.98. The second kappa shape index (κ2) is 8.70. The van der Waals surface area contributed by atoms with Gasteiger partial charge in [-0.1, -0.05) is 0 Å². The van der Waals surface area contributed by atoms with E-state index in [1.54, 1.807) is 24.3 Å². The molecule has 1 aliphatic heterocycles. The number of halogens is 1. The number of hydrogen-bond donors (Lipinski definition) is 1. The molecule has 0 saturated carbocycles. The number of carbonyl (C=O) groups excluding carboxylic acids is 2. The van der Waals surface area contributed by atoms with Crippen LogP contribution in [0.15, 0.2) is 64.8 Å². The van der Waals surface area contributed by atoms with Gasteiger partial charge >= 0.3 is 0 Å². The molecule has 9 heteroatoms. The third kappa shape index (κ3) is 3.67. The average molecular weight is 453 g/mol. The quantitative estimate of drug-likeness (QED) is 0.341. The summed E-state index contributed by atoms with van der Waals surface area (Å²) in [6.07, 6.45) is 1.38. The van der Waals surface area contributed by atoms with E-state index < -0.39 is 29.3 Å². The smallest absolute Gasteiger partial charge is 0.300 e. The summed E-state index contributed by atoms with van der Waals surface area (Å²) in [5.74, 6) is -1.99. The molecule has 1 N–H and O–H groups in total. The Morgan fingerprint density at radius 1 is 0.970 bits per heavy atom. The number of carbonyl (C=O) groups is 2. The van der Waals surface area contributed by atoms with Gasteiger partial charge in [-0.05, 0) is 42.5 Å². The molecule has 0 aliphatic carbocycles. The van der Waals surface area contributed by atoms with E-state index in [0.717, 1.165) is 12.1 Å². The van der Waals surface area contributed by atoms with Gasteiger partial charge in [0.25, 0.3) is 11.7 Å². The van der Waals surface area contributed by atoms with Crippen molar-refractivity contribution in [1.29, 1.82) is 0 Å². The lowest BCUT2D eigenvalue weighted by Gasteiger charge is -2.24. The van der Waals surface area contributed by atoms with E-state index in [1.165, 1.54) is 44.6 Å². The molecular formula is C24H20FNO7. The van der Waals surface area contributed by atoms with Gasteiger partial charge in [-0.2, -0.15) is 0 Å². The molecule has 1 fully saturated rings. The maximum atomic E-state index is 14.0. The third-order valence-electron chi connectivity index (χ3n) is 5.32. The van der Waals surface area contributed by atoms with Crippen molar-refractivity contribution in [3.8, 4) is 17.2 Å². The summed E-state index contributed by atoms with van der Waals surface area (Å²) in [6, 6.07) is 10.2. The lowest BCUT2D eigenvalue weighted by molar-refractivity contribution is -0.132. The van der Waals surface area contributed by atoms with Crippen molar-refractivity contribution in [2.45, 2.75) is 6.04 Å². The molecule has 8 nitrogen and oxygen atoms in total. The largest absolute Gasteiger partial charge is 0.507 e. The van der Waals surface area contributed by atoms with Crippen LogP contribution < -0.4 is 19.1 Å². The number of furan rings is 1. The molecule has 170 valence electrons. The zero-order chi connectivity index (χ0) is 23.7. The lowest BCUT2D eigenvalue weighted by Crippen LogP contribution is -2.29. The van der Waals surface area contributed by atoms with Crippen molar-refractivity contribution in [2.24, 2.45) is 0 Å². The van der Waals surface area contributed by atoms with Gasteiger partial charge in [0.2, 0.25) is 0 Å². The van der Waals surface area contributed by atoms with Crippen LogP contribution in [-0.2, 0) is 9.59 Å². The second-order valence-corrected chi connectivity index (χ2v) is 7.07. The Bertz CT molecular complexity index is 1250. The van der Waals surface area contributed by atoms with Gasteiger partial charge < -0.3 is 23.7 Å². The van der Waals surface area contributed by atoms with E-state index in [2.05, 4.69) is 0 Å². The standard InChI is InChI=1S/C24H20FNO7/c1-30-16-8-6-13(25)11-15(16)22(27)20-21(18-5-4-10-33-18)26(24(29)23(20)28)14-7-9-17(31-2)19(12-14)32-3/h4-12,21,27H,1-3H3/b22-20-. The Morgan fingerprint density at radius 3 is 2.30 bits per heavy atom. The topological polar surface area (TPSA) is 98.4 Å². The Kier molecular flexibility index (Phi) is 5.78. The van der Waals surface area contributed by atoms with Crippen LogP contribution in [-0.4, -0.2) is 38.1 Å². The highest BCUT2D eigenvalue weighted by molar-refractivity contribution is 6.51. The minimum absolute atomic E-state index is 0.0700. The van der Waals surface area contributed by atoms with Gasteiger partial charge in [0.05, 0.1) is 38.7 Å². The summed E-state index contributed by atoms with van der Waals surface area (Å²) in [5, 5.41) is 11.1. The average Bonchev–Trinajstić information content (AvgIpc) is 3.45. The molecule has 1 amide bonds. The van der Waals surface area contributed by atoms with Crippen LogP contribution in [0.4, 0.5) is 10.1 Å². The monoisotopic (exact) mass is 453 g/mol. The van der Waals surface area contributed by atoms with E-state index >= 15 is 0 Å². The first-order valence-corrected chi connectivity index (χ1v) is 9.81. The first-order chi connectivity index (χ1) is 15.9. The number of amides is 1. The molecule has 0 radical (unpaired) electrons. The van der Waals surface area contributed by atoms with Gasteiger partial charge in [-0.3, -0.25) is 14.5 Å². The van der Waals surface area contributed by atoms with E-state index in [4.69, 9.17) is 18.6 Å². The Hall–Kier alpha value is -4.27. The fraction of sp³-hybridized carbons (Fsp3) is 0.167. The summed E-state index contributed by atoms with van der Waals surface area (Å²) in [7, 11) is 4.26. The summed E-state index contributed by atoms with van der Waals surface area (Å²) in [4.78, 5) is 27.5. The predicted octanol–water partition coefficient (Wildman–Crippen LogP) is 4.07. The third-order valence-corrected chi connectivity index (χ3v) is 5.32. The second-order valence-electron chi connectivity index (χ2n) is 7.07. The number of methoxy groups -OCH3 is 3. The van der Waals surface area contributed by atoms with Gasteiger partial charge in [0, 0.05) is 11.8 Å². The molecular weight excluding hydrogens is 433 g/mol. The van der Waals surface area contributed by atoms with E-state index in [1.807, 2.05) is 0 Å². The molecule has 3 aromatic rings. The fourth-order valence-corrected chi connectivity index (χ4v) is 3.80. The highest BCUT2D eigenvalue weighted by Crippen LogP contribution is 2.45. The molecule has 1 unspecified atom stereocenters. The van der Waals surface area contributed by atoms with Crippen molar-refractivity contribution in [3.63, 3.8) is 0 Å². The molecule has 1 atom stereocenters. The number of ether oxygens (including phenoxy) is 3. The molecule has 2 aromatic carbocycles. The van der Waals surface area contributed by atoms with Crippen LogP contribution >= 0.6 is 0 Å². The Morgan fingerprint density at radius 2 is 1.67 bits per heavy atom. The van der Waals surface area contributed by atoms with Crippen molar-refractivity contribution in [3.05, 3.63) is 77.5 Å². The minimum atomic E-state index is -1.12. The highest BCUT2D eigenvalue weighted by Gasteiger charge is 2.48. The molecule has 33 heavy (non-hydrogen) atoms. The number of rotatable bonds is 6. The fourth-order valence-electron chi connectivity index (χ4n) is 3.80. The number of ketones is 1. The molecule has 1 aliphatic rings.